The average molecular weight is 393 g/mol. The van der Waals surface area contributed by atoms with Gasteiger partial charge in [0.25, 0.3) is 0 Å². The van der Waals surface area contributed by atoms with Gasteiger partial charge in [0, 0.05) is 35.5 Å². The number of alkyl halides is 2. The topological polar surface area (TPSA) is 40.5 Å². The second-order valence-corrected chi connectivity index (χ2v) is 7.50. The predicted octanol–water partition coefficient (Wildman–Crippen LogP) is 4.58. The number of hydrogen-bond acceptors (Lipinski definition) is 4. The molecule has 0 spiro atoms. The monoisotopic (exact) mass is 393 g/mol. The van der Waals surface area contributed by atoms with E-state index in [-0.39, 0.29) is 17.3 Å². The zero-order valence-electron chi connectivity index (χ0n) is 15.2. The number of ether oxygens (including phenoxy) is 2. The summed E-state index contributed by atoms with van der Waals surface area (Å²) in [6.45, 7) is 0.799. The summed E-state index contributed by atoms with van der Waals surface area (Å²) in [5.41, 5.74) is 2.38. The molecule has 0 radical (unpaired) electrons. The highest BCUT2D eigenvalue weighted by Gasteiger charge is 2.20. The van der Waals surface area contributed by atoms with E-state index >= 15 is 0 Å². The van der Waals surface area contributed by atoms with Crippen molar-refractivity contribution in [3.63, 3.8) is 0 Å². The number of benzene rings is 1. The van der Waals surface area contributed by atoms with Crippen molar-refractivity contribution in [3.05, 3.63) is 57.5 Å². The fourth-order valence-corrected chi connectivity index (χ4v) is 4.06. The molecule has 0 bridgehead atoms. The van der Waals surface area contributed by atoms with Crippen molar-refractivity contribution in [1.82, 2.24) is 4.57 Å². The molecule has 0 amide bonds. The van der Waals surface area contributed by atoms with E-state index in [9.17, 15) is 13.6 Å². The lowest BCUT2D eigenvalue weighted by Gasteiger charge is -2.17. The molecule has 0 N–H and O–H groups in total. The van der Waals surface area contributed by atoms with Gasteiger partial charge in [-0.1, -0.05) is 6.07 Å². The zero-order chi connectivity index (χ0) is 19.4. The Morgan fingerprint density at radius 3 is 2.56 bits per heavy atom. The number of thioether (sulfide) groups is 1. The molecule has 1 unspecified atom stereocenters. The molecule has 1 fully saturated rings. The number of rotatable bonds is 6. The molecule has 1 aliphatic heterocycles. The Labute approximate surface area is 160 Å². The average Bonchev–Trinajstić information content (AvgIpc) is 3.08. The van der Waals surface area contributed by atoms with Crippen LogP contribution in [0.2, 0.25) is 0 Å². The van der Waals surface area contributed by atoms with Crippen LogP contribution in [0.5, 0.6) is 11.5 Å². The Morgan fingerprint density at radius 2 is 1.93 bits per heavy atom. The Hall–Kier alpha value is -2.28. The zero-order valence-corrected chi connectivity index (χ0v) is 16.0. The van der Waals surface area contributed by atoms with Crippen molar-refractivity contribution in [2.24, 2.45) is 0 Å². The lowest BCUT2D eigenvalue weighted by molar-refractivity contribution is -0.0519. The van der Waals surface area contributed by atoms with E-state index in [1.165, 1.54) is 6.07 Å². The van der Waals surface area contributed by atoms with E-state index in [1.807, 2.05) is 30.7 Å². The molecule has 3 rings (SSSR count). The number of hydrogen-bond donors (Lipinski definition) is 0. The van der Waals surface area contributed by atoms with Crippen LogP contribution in [0.15, 0.2) is 35.1 Å². The molecule has 27 heavy (non-hydrogen) atoms. The molecule has 0 aliphatic carbocycles. The fraction of sp³-hybridized carbons (Fsp3) is 0.350. The van der Waals surface area contributed by atoms with Crippen LogP contribution in [0.3, 0.4) is 0 Å². The van der Waals surface area contributed by atoms with E-state index in [1.54, 1.807) is 36.0 Å². The van der Waals surface area contributed by atoms with Crippen LogP contribution in [-0.4, -0.2) is 28.8 Å². The molecule has 144 valence electrons. The van der Waals surface area contributed by atoms with E-state index in [0.29, 0.717) is 5.75 Å². The first-order valence-corrected chi connectivity index (χ1v) is 9.79. The van der Waals surface area contributed by atoms with Crippen LogP contribution >= 0.6 is 11.8 Å². The highest BCUT2D eigenvalue weighted by atomic mass is 32.2. The number of aromatic nitrogens is 1. The highest BCUT2D eigenvalue weighted by molar-refractivity contribution is 7.99. The summed E-state index contributed by atoms with van der Waals surface area (Å²) in [5.74, 6) is 2.19. The third-order valence-corrected chi connectivity index (χ3v) is 5.38. The van der Waals surface area contributed by atoms with Crippen molar-refractivity contribution in [3.8, 4) is 11.5 Å². The van der Waals surface area contributed by atoms with Gasteiger partial charge in [-0.15, -0.1) is 0 Å². The summed E-state index contributed by atoms with van der Waals surface area (Å²) < 4.78 is 37.7. The molecule has 7 heteroatoms. The van der Waals surface area contributed by atoms with Crippen LogP contribution in [-0.2, 0) is 0 Å². The SMILES string of the molecule is Cc1cc(=O)cc(C)n1C=Cc1ccc(OC(F)F)c(OC2CCSC2)c1. The van der Waals surface area contributed by atoms with E-state index in [0.717, 1.165) is 34.9 Å². The Kier molecular flexibility index (Phi) is 6.21. The second-order valence-electron chi connectivity index (χ2n) is 6.35. The first-order valence-electron chi connectivity index (χ1n) is 8.63. The number of nitrogens with zero attached hydrogens (tertiary/aromatic N) is 1. The van der Waals surface area contributed by atoms with E-state index in [2.05, 4.69) is 4.74 Å². The quantitative estimate of drug-likeness (QED) is 0.720. The maximum Gasteiger partial charge on any atom is 0.387 e. The van der Waals surface area contributed by atoms with Crippen molar-refractivity contribution < 1.29 is 18.3 Å². The summed E-state index contributed by atoms with van der Waals surface area (Å²) in [4.78, 5) is 11.5. The van der Waals surface area contributed by atoms with E-state index < -0.39 is 6.61 Å². The standard InChI is InChI=1S/C20H21F2NO3S/c1-13-9-16(24)10-14(2)23(13)7-5-15-3-4-18(26-20(21)22)19(11-15)25-17-6-8-27-12-17/h3-5,7,9-11,17,20H,6,8,12H2,1-2H3. The van der Waals surface area contributed by atoms with Gasteiger partial charge in [-0.3, -0.25) is 4.79 Å². The lowest BCUT2D eigenvalue weighted by Crippen LogP contribution is -2.16. The van der Waals surface area contributed by atoms with Gasteiger partial charge in [0.1, 0.15) is 6.10 Å². The molecule has 1 aromatic carbocycles. The second kappa shape index (κ2) is 8.61. The molecule has 4 nitrogen and oxygen atoms in total. The summed E-state index contributed by atoms with van der Waals surface area (Å²) >= 11 is 1.78. The fourth-order valence-electron chi connectivity index (χ4n) is 2.97. The normalized spacial score (nSPS) is 17.0. The van der Waals surface area contributed by atoms with Gasteiger partial charge >= 0.3 is 6.61 Å². The number of halogens is 2. The van der Waals surface area contributed by atoms with Crippen LogP contribution < -0.4 is 14.9 Å². The summed E-state index contributed by atoms with van der Waals surface area (Å²) in [6, 6.07) is 8.00. The summed E-state index contributed by atoms with van der Waals surface area (Å²) in [6.07, 6.45) is 4.56. The van der Waals surface area contributed by atoms with Gasteiger partial charge in [0.15, 0.2) is 16.9 Å². The lowest BCUT2D eigenvalue weighted by atomic mass is 10.2. The predicted molar refractivity (Wildman–Crippen MR) is 105 cm³/mol. The largest absolute Gasteiger partial charge is 0.486 e. The maximum atomic E-state index is 12.7. The van der Waals surface area contributed by atoms with Gasteiger partial charge in [-0.2, -0.15) is 20.5 Å². The van der Waals surface area contributed by atoms with Gasteiger partial charge in [0.2, 0.25) is 0 Å². The Morgan fingerprint density at radius 1 is 1.19 bits per heavy atom. The minimum Gasteiger partial charge on any atom is -0.486 e. The van der Waals surface area contributed by atoms with Crippen molar-refractivity contribution in [2.45, 2.75) is 33.0 Å². The van der Waals surface area contributed by atoms with Crippen LogP contribution in [0, 0.1) is 13.8 Å². The maximum absolute atomic E-state index is 12.7. The molecule has 1 aromatic heterocycles. The first kappa shape index (κ1) is 19.5. The van der Waals surface area contributed by atoms with Crippen LogP contribution in [0.25, 0.3) is 12.3 Å². The molecule has 1 saturated heterocycles. The third kappa shape index (κ3) is 5.13. The van der Waals surface area contributed by atoms with Gasteiger partial charge in [0.05, 0.1) is 0 Å². The molecular formula is C20H21F2NO3S. The van der Waals surface area contributed by atoms with Gasteiger partial charge in [-0.05, 0) is 49.8 Å². The Balaban J connectivity index is 1.88. The molecule has 2 heterocycles. The minimum absolute atomic E-state index is 0.00212. The highest BCUT2D eigenvalue weighted by Crippen LogP contribution is 2.33. The smallest absolute Gasteiger partial charge is 0.387 e. The van der Waals surface area contributed by atoms with Gasteiger partial charge < -0.3 is 14.0 Å². The summed E-state index contributed by atoms with van der Waals surface area (Å²) in [5, 5.41) is 0. The molecule has 1 aliphatic rings. The minimum atomic E-state index is -2.90. The van der Waals surface area contributed by atoms with Crippen molar-refractivity contribution >= 4 is 24.0 Å². The van der Waals surface area contributed by atoms with Crippen LogP contribution in [0.1, 0.15) is 23.4 Å². The number of aryl methyl sites for hydroxylation is 2. The van der Waals surface area contributed by atoms with Gasteiger partial charge in [-0.25, -0.2) is 0 Å². The third-order valence-electron chi connectivity index (χ3n) is 4.24. The van der Waals surface area contributed by atoms with Crippen molar-refractivity contribution in [2.75, 3.05) is 11.5 Å². The summed E-state index contributed by atoms with van der Waals surface area (Å²) in [7, 11) is 0. The van der Waals surface area contributed by atoms with Crippen LogP contribution in [0.4, 0.5) is 8.78 Å². The molecule has 0 saturated carbocycles. The number of pyridine rings is 1. The molecule has 2 aromatic rings. The molecule has 1 atom stereocenters. The van der Waals surface area contributed by atoms with Crippen molar-refractivity contribution in [1.29, 1.82) is 0 Å². The first-order chi connectivity index (χ1) is 12.9. The Bertz CT molecular complexity index is 863. The van der Waals surface area contributed by atoms with E-state index in [4.69, 9.17) is 4.74 Å². The molecular weight excluding hydrogens is 372 g/mol.